The number of carbonyl (C=O) groups excluding carboxylic acids is 1. The van der Waals surface area contributed by atoms with E-state index >= 15 is 0 Å². The molecule has 0 aliphatic rings. The summed E-state index contributed by atoms with van der Waals surface area (Å²) in [5.74, 6) is 0.0888. The van der Waals surface area contributed by atoms with Gasteiger partial charge in [-0.25, -0.2) is 4.79 Å². The Bertz CT molecular complexity index is 594. The van der Waals surface area contributed by atoms with E-state index in [1.807, 2.05) is 0 Å². The van der Waals surface area contributed by atoms with Crippen molar-refractivity contribution in [3.8, 4) is 5.75 Å². The molecular formula is C11H14N4O6S. The highest BCUT2D eigenvalue weighted by Gasteiger charge is 2.23. The molecule has 0 bridgehead atoms. The number of rotatable bonds is 5. The first kappa shape index (κ1) is 17.4. The van der Waals surface area contributed by atoms with E-state index in [0.717, 1.165) is 7.11 Å². The lowest BCUT2D eigenvalue weighted by atomic mass is 10.2. The summed E-state index contributed by atoms with van der Waals surface area (Å²) in [6, 6.07) is 2.75. The Morgan fingerprint density at radius 2 is 2.14 bits per heavy atom. The number of anilines is 2. The van der Waals surface area contributed by atoms with E-state index in [9.17, 15) is 14.9 Å². The Morgan fingerprint density at radius 1 is 1.45 bits per heavy atom. The molecule has 0 heterocycles. The molecule has 1 aromatic rings. The summed E-state index contributed by atoms with van der Waals surface area (Å²) in [7, 11) is 2.55. The van der Waals surface area contributed by atoms with E-state index in [2.05, 4.69) is 15.4 Å². The van der Waals surface area contributed by atoms with Gasteiger partial charge in [-0.1, -0.05) is 0 Å². The van der Waals surface area contributed by atoms with E-state index in [-0.39, 0.29) is 29.0 Å². The molecular weight excluding hydrogens is 316 g/mol. The van der Waals surface area contributed by atoms with Gasteiger partial charge < -0.3 is 25.3 Å². The van der Waals surface area contributed by atoms with E-state index < -0.39 is 16.7 Å². The van der Waals surface area contributed by atoms with Gasteiger partial charge in [0, 0.05) is 7.11 Å². The van der Waals surface area contributed by atoms with Crippen molar-refractivity contribution in [1.82, 2.24) is 5.32 Å². The normalized spacial score (nSPS) is 9.73. The number of amides is 1. The van der Waals surface area contributed by atoms with Crippen molar-refractivity contribution in [3.05, 3.63) is 22.2 Å². The molecule has 1 rings (SSSR count). The largest absolute Gasteiger partial charge is 0.465 e. The number of thiocarbonyl (C=S) groups is 1. The molecule has 1 amide bonds. The van der Waals surface area contributed by atoms with Gasteiger partial charge in [0.1, 0.15) is 5.69 Å². The molecule has 1 aromatic carbocycles. The minimum absolute atomic E-state index is 0.00586. The highest BCUT2D eigenvalue weighted by molar-refractivity contribution is 7.80. The van der Waals surface area contributed by atoms with Crippen LogP contribution in [0.4, 0.5) is 21.9 Å². The van der Waals surface area contributed by atoms with Crippen LogP contribution in [0.1, 0.15) is 0 Å². The van der Waals surface area contributed by atoms with Gasteiger partial charge in [0.05, 0.1) is 12.0 Å². The molecule has 0 aromatic heterocycles. The van der Waals surface area contributed by atoms with Crippen LogP contribution in [0.2, 0.25) is 0 Å². The lowest BCUT2D eigenvalue weighted by molar-refractivity contribution is -0.383. The number of carbonyl (C=O) groups is 1. The fraction of sp³-hybridized carbons (Fsp3) is 0.273. The van der Waals surface area contributed by atoms with Gasteiger partial charge in [-0.05, 0) is 24.4 Å². The van der Waals surface area contributed by atoms with Gasteiger partial charge in [-0.15, -0.1) is 0 Å². The molecule has 0 saturated heterocycles. The van der Waals surface area contributed by atoms with Crippen LogP contribution in [0, 0.1) is 10.1 Å². The molecule has 10 nitrogen and oxygen atoms in total. The van der Waals surface area contributed by atoms with Gasteiger partial charge in [0.25, 0.3) is 0 Å². The maximum Gasteiger partial charge on any atom is 0.413 e. The number of hydrogen-bond acceptors (Lipinski definition) is 8. The molecule has 22 heavy (non-hydrogen) atoms. The molecule has 0 fully saturated rings. The quantitative estimate of drug-likeness (QED) is 0.239. The summed E-state index contributed by atoms with van der Waals surface area (Å²) in [5, 5.41) is 15.6. The molecule has 120 valence electrons. The second-order valence-electron chi connectivity index (χ2n) is 3.75. The second-order valence-corrected chi connectivity index (χ2v) is 4.16. The van der Waals surface area contributed by atoms with Crippen LogP contribution in [0.15, 0.2) is 12.1 Å². The van der Waals surface area contributed by atoms with Crippen LogP contribution in [0.3, 0.4) is 0 Å². The van der Waals surface area contributed by atoms with Crippen molar-refractivity contribution in [3.63, 3.8) is 0 Å². The van der Waals surface area contributed by atoms with E-state index in [0.29, 0.717) is 0 Å². The molecule has 0 aliphatic carbocycles. The standard InChI is InChI=1S/C11H14N4O6S/c1-19-5-21-7-4-3-6(9(8(7)12)15(17)18)13-10(22)14-11(16)20-2/h3-4H,5,12H2,1-2H3,(H2,13,14,16,22). The first-order valence-electron chi connectivity index (χ1n) is 5.75. The predicted molar refractivity (Wildman–Crippen MR) is 81.8 cm³/mol. The van der Waals surface area contributed by atoms with Crippen LogP contribution < -0.4 is 21.1 Å². The number of hydrogen-bond donors (Lipinski definition) is 3. The zero-order valence-corrected chi connectivity index (χ0v) is 12.6. The predicted octanol–water partition coefficient (Wildman–Crippen LogP) is 1.21. The molecule has 0 spiro atoms. The summed E-state index contributed by atoms with van der Waals surface area (Å²) >= 11 is 4.83. The summed E-state index contributed by atoms with van der Waals surface area (Å²) < 4.78 is 14.2. The van der Waals surface area contributed by atoms with Gasteiger partial charge in [-0.2, -0.15) is 0 Å². The Morgan fingerprint density at radius 3 is 2.68 bits per heavy atom. The molecule has 0 atom stereocenters. The minimum Gasteiger partial charge on any atom is -0.465 e. The van der Waals surface area contributed by atoms with Crippen LogP contribution >= 0.6 is 12.2 Å². The van der Waals surface area contributed by atoms with Crippen molar-refractivity contribution in [2.24, 2.45) is 0 Å². The van der Waals surface area contributed by atoms with Crippen molar-refractivity contribution < 1.29 is 23.9 Å². The number of alkyl carbamates (subject to hydrolysis) is 1. The van der Waals surface area contributed by atoms with Crippen molar-refractivity contribution in [1.29, 1.82) is 0 Å². The second kappa shape index (κ2) is 7.95. The SMILES string of the molecule is COCOc1ccc(NC(=S)NC(=O)OC)c([N+](=O)[O-])c1N. The molecule has 4 N–H and O–H groups in total. The van der Waals surface area contributed by atoms with Gasteiger partial charge in [0.15, 0.2) is 23.3 Å². The van der Waals surface area contributed by atoms with E-state index in [1.54, 1.807) is 0 Å². The Hall–Kier alpha value is -2.66. The number of methoxy groups -OCH3 is 2. The lowest BCUT2D eigenvalue weighted by Crippen LogP contribution is -2.34. The summed E-state index contributed by atoms with van der Waals surface area (Å²) in [6.45, 7) is -0.115. The van der Waals surface area contributed by atoms with Crippen LogP contribution in [0.25, 0.3) is 0 Å². The zero-order valence-electron chi connectivity index (χ0n) is 11.7. The van der Waals surface area contributed by atoms with Crippen LogP contribution in [-0.2, 0) is 9.47 Å². The van der Waals surface area contributed by atoms with Gasteiger partial charge >= 0.3 is 11.8 Å². The third-order valence-electron chi connectivity index (χ3n) is 2.34. The third kappa shape index (κ3) is 4.43. The molecule has 0 saturated carbocycles. The zero-order chi connectivity index (χ0) is 16.7. The lowest BCUT2D eigenvalue weighted by Gasteiger charge is -2.13. The monoisotopic (exact) mass is 330 g/mol. The fourth-order valence-electron chi connectivity index (χ4n) is 1.43. The Kier molecular flexibility index (Phi) is 6.28. The molecule has 0 unspecified atom stereocenters. The number of nitrogens with one attached hydrogen (secondary N) is 2. The van der Waals surface area contributed by atoms with Gasteiger partial charge in [0.2, 0.25) is 0 Å². The highest BCUT2D eigenvalue weighted by Crippen LogP contribution is 2.38. The van der Waals surface area contributed by atoms with E-state index in [4.69, 9.17) is 27.4 Å². The van der Waals surface area contributed by atoms with Crippen LogP contribution in [0.5, 0.6) is 5.75 Å². The number of nitrogens with two attached hydrogens (primary N) is 1. The number of nitro benzene ring substituents is 1. The highest BCUT2D eigenvalue weighted by atomic mass is 32.1. The number of nitro groups is 1. The Balaban J connectivity index is 3.04. The maximum atomic E-state index is 11.2. The summed E-state index contributed by atoms with van der Waals surface area (Å²) in [5.41, 5.74) is 5.06. The van der Waals surface area contributed by atoms with E-state index in [1.165, 1.54) is 19.2 Å². The average Bonchev–Trinajstić information content (AvgIpc) is 2.45. The summed E-state index contributed by atoms with van der Waals surface area (Å²) in [6.07, 6.45) is -0.812. The van der Waals surface area contributed by atoms with Crippen LogP contribution in [-0.4, -0.2) is 37.1 Å². The molecule has 11 heteroatoms. The topological polar surface area (TPSA) is 138 Å². The Labute approximate surface area is 130 Å². The first-order chi connectivity index (χ1) is 10.4. The number of benzene rings is 1. The molecule has 0 aliphatic heterocycles. The van der Waals surface area contributed by atoms with Crippen molar-refractivity contribution in [2.45, 2.75) is 0 Å². The smallest absolute Gasteiger partial charge is 0.413 e. The number of ether oxygens (including phenoxy) is 3. The first-order valence-corrected chi connectivity index (χ1v) is 6.16. The maximum absolute atomic E-state index is 11.2. The van der Waals surface area contributed by atoms with Crippen molar-refractivity contribution in [2.75, 3.05) is 32.1 Å². The fourth-order valence-corrected chi connectivity index (χ4v) is 1.63. The minimum atomic E-state index is -0.812. The molecule has 0 radical (unpaired) electrons. The number of nitrogens with zero attached hydrogens (tertiary/aromatic N) is 1. The average molecular weight is 330 g/mol. The summed E-state index contributed by atoms with van der Waals surface area (Å²) in [4.78, 5) is 21.5. The van der Waals surface area contributed by atoms with Crippen molar-refractivity contribution >= 4 is 40.5 Å². The van der Waals surface area contributed by atoms with Gasteiger partial charge in [-0.3, -0.25) is 15.4 Å². The third-order valence-corrected chi connectivity index (χ3v) is 2.55. The number of nitrogen functional groups attached to an aromatic ring is 1.